The third-order valence-electron chi connectivity index (χ3n) is 6.14. The molecule has 2 fully saturated rings. The van der Waals surface area contributed by atoms with Crippen LogP contribution in [0.3, 0.4) is 0 Å². The Bertz CT molecular complexity index is 917. The van der Waals surface area contributed by atoms with E-state index >= 15 is 0 Å². The van der Waals surface area contributed by atoms with Crippen molar-refractivity contribution < 1.29 is 28.7 Å². The molecule has 2 saturated heterocycles. The third-order valence-corrected chi connectivity index (χ3v) is 6.14. The van der Waals surface area contributed by atoms with Gasteiger partial charge in [-0.1, -0.05) is 0 Å². The van der Waals surface area contributed by atoms with E-state index in [1.807, 2.05) is 13.0 Å². The molecule has 9 nitrogen and oxygen atoms in total. The molecule has 1 N–H and O–H groups in total. The van der Waals surface area contributed by atoms with Crippen LogP contribution in [0.15, 0.2) is 18.2 Å². The van der Waals surface area contributed by atoms with E-state index in [2.05, 4.69) is 5.32 Å². The van der Waals surface area contributed by atoms with Gasteiger partial charge >= 0.3 is 6.09 Å². The van der Waals surface area contributed by atoms with Crippen molar-refractivity contribution in [2.45, 2.75) is 64.3 Å². The molecule has 1 aromatic carbocycles. The second kappa shape index (κ2) is 8.56. The van der Waals surface area contributed by atoms with Gasteiger partial charge in [0, 0.05) is 24.6 Å². The SMILES string of the molecule is CCOC(=O)N1C[C@H](Oc2ccc3c(c2)CN(C2CCC(=O)NC2=O)C3=O)CC[C@@H]1C. The van der Waals surface area contributed by atoms with E-state index in [0.717, 1.165) is 18.4 Å². The number of imide groups is 1. The van der Waals surface area contributed by atoms with E-state index in [9.17, 15) is 19.2 Å². The summed E-state index contributed by atoms with van der Waals surface area (Å²) >= 11 is 0. The number of hydrogen-bond donors (Lipinski definition) is 1. The minimum absolute atomic E-state index is 0.0959. The Hall–Kier alpha value is -3.10. The van der Waals surface area contributed by atoms with Crippen molar-refractivity contribution >= 4 is 23.8 Å². The summed E-state index contributed by atoms with van der Waals surface area (Å²) in [4.78, 5) is 51.8. The third kappa shape index (κ3) is 4.22. The van der Waals surface area contributed by atoms with Crippen molar-refractivity contribution in [1.29, 1.82) is 0 Å². The van der Waals surface area contributed by atoms with Crippen LogP contribution >= 0.6 is 0 Å². The maximum Gasteiger partial charge on any atom is 0.410 e. The molecule has 0 radical (unpaired) electrons. The van der Waals surface area contributed by atoms with Crippen LogP contribution in [0.5, 0.6) is 5.75 Å². The Morgan fingerprint density at radius 1 is 1.19 bits per heavy atom. The smallest absolute Gasteiger partial charge is 0.410 e. The van der Waals surface area contributed by atoms with E-state index in [1.54, 1.807) is 24.0 Å². The molecule has 4 rings (SSSR count). The van der Waals surface area contributed by atoms with Gasteiger partial charge in [-0.3, -0.25) is 19.7 Å². The Morgan fingerprint density at radius 3 is 2.74 bits per heavy atom. The summed E-state index contributed by atoms with van der Waals surface area (Å²) in [6, 6.07) is 4.75. The molecule has 1 unspecified atom stereocenters. The maximum atomic E-state index is 12.8. The lowest BCUT2D eigenvalue weighted by molar-refractivity contribution is -0.136. The first-order valence-corrected chi connectivity index (χ1v) is 10.7. The van der Waals surface area contributed by atoms with Gasteiger partial charge in [-0.25, -0.2) is 4.79 Å². The number of benzene rings is 1. The molecule has 9 heteroatoms. The topological polar surface area (TPSA) is 105 Å². The highest BCUT2D eigenvalue weighted by atomic mass is 16.6. The number of carbonyl (C=O) groups is 4. The number of carbonyl (C=O) groups excluding carboxylic acids is 4. The van der Waals surface area contributed by atoms with Gasteiger partial charge in [0.2, 0.25) is 11.8 Å². The van der Waals surface area contributed by atoms with E-state index in [4.69, 9.17) is 9.47 Å². The number of nitrogens with one attached hydrogen (secondary N) is 1. The Balaban J connectivity index is 1.43. The van der Waals surface area contributed by atoms with Gasteiger partial charge in [-0.2, -0.15) is 0 Å². The average molecular weight is 429 g/mol. The summed E-state index contributed by atoms with van der Waals surface area (Å²) in [6.07, 6.45) is 1.69. The molecule has 3 aliphatic rings. The molecule has 0 aromatic heterocycles. The quantitative estimate of drug-likeness (QED) is 0.733. The monoisotopic (exact) mass is 429 g/mol. The largest absolute Gasteiger partial charge is 0.489 e. The number of nitrogens with zero attached hydrogens (tertiary/aromatic N) is 2. The van der Waals surface area contributed by atoms with E-state index in [1.165, 1.54) is 4.90 Å². The van der Waals surface area contributed by atoms with E-state index in [0.29, 0.717) is 37.4 Å². The molecule has 0 spiro atoms. The maximum absolute atomic E-state index is 12.8. The summed E-state index contributed by atoms with van der Waals surface area (Å²) < 4.78 is 11.3. The molecule has 3 atom stereocenters. The Morgan fingerprint density at radius 2 is 2.00 bits per heavy atom. The fraction of sp³-hybridized carbons (Fsp3) is 0.545. The molecule has 0 saturated carbocycles. The zero-order valence-corrected chi connectivity index (χ0v) is 17.8. The Labute approximate surface area is 180 Å². The summed E-state index contributed by atoms with van der Waals surface area (Å²) in [5.41, 5.74) is 1.33. The zero-order chi connectivity index (χ0) is 22.1. The highest BCUT2D eigenvalue weighted by Gasteiger charge is 2.39. The second-order valence-electron chi connectivity index (χ2n) is 8.24. The van der Waals surface area contributed by atoms with Crippen LogP contribution in [0.25, 0.3) is 0 Å². The molecule has 0 aliphatic carbocycles. The van der Waals surface area contributed by atoms with Crippen LogP contribution in [-0.4, -0.2) is 65.0 Å². The summed E-state index contributed by atoms with van der Waals surface area (Å²) in [7, 11) is 0. The number of rotatable bonds is 4. The number of fused-ring (bicyclic) bond motifs is 1. The lowest BCUT2D eigenvalue weighted by Gasteiger charge is -2.37. The van der Waals surface area contributed by atoms with Crippen molar-refractivity contribution in [3.8, 4) is 5.75 Å². The zero-order valence-electron chi connectivity index (χ0n) is 17.8. The number of piperidine rings is 2. The van der Waals surface area contributed by atoms with E-state index in [-0.39, 0.29) is 36.5 Å². The standard InChI is InChI=1S/C22H27N3O6/c1-3-30-22(29)24-12-16(5-4-13(24)2)31-15-6-7-17-14(10-15)11-25(21(17)28)18-8-9-19(26)23-20(18)27/h6-7,10,13,16,18H,3-5,8-9,11-12H2,1-2H3,(H,23,26,27)/t13-,16+,18?/m0/s1. The fourth-order valence-electron chi connectivity index (χ4n) is 4.45. The molecule has 3 heterocycles. The molecular weight excluding hydrogens is 402 g/mol. The lowest BCUT2D eigenvalue weighted by atomic mass is 10.0. The van der Waals surface area contributed by atoms with E-state index < -0.39 is 11.9 Å². The molecule has 0 bridgehead atoms. The predicted octanol–water partition coefficient (Wildman–Crippen LogP) is 1.84. The molecule has 4 amide bonds. The first-order chi connectivity index (χ1) is 14.9. The first-order valence-electron chi connectivity index (χ1n) is 10.7. The van der Waals surface area contributed by atoms with Crippen molar-refractivity contribution in [2.75, 3.05) is 13.2 Å². The van der Waals surface area contributed by atoms with Crippen LogP contribution in [0.4, 0.5) is 4.79 Å². The van der Waals surface area contributed by atoms with Crippen LogP contribution in [0.1, 0.15) is 55.5 Å². The highest BCUT2D eigenvalue weighted by Crippen LogP contribution is 2.31. The van der Waals surface area contributed by atoms with Gasteiger partial charge in [0.1, 0.15) is 17.9 Å². The van der Waals surface area contributed by atoms with Gasteiger partial charge in [-0.15, -0.1) is 0 Å². The second-order valence-corrected chi connectivity index (χ2v) is 8.24. The minimum atomic E-state index is -0.639. The molecule has 1 aromatic rings. The predicted molar refractivity (Wildman–Crippen MR) is 109 cm³/mol. The van der Waals surface area contributed by atoms with Gasteiger partial charge in [0.25, 0.3) is 5.91 Å². The molecule has 31 heavy (non-hydrogen) atoms. The molecular formula is C22H27N3O6. The van der Waals surface area contributed by atoms with Crippen LogP contribution in [-0.2, 0) is 20.9 Å². The number of likely N-dealkylation sites (tertiary alicyclic amines) is 1. The summed E-state index contributed by atoms with van der Waals surface area (Å²) in [5.74, 6) is -0.319. The van der Waals surface area contributed by atoms with Crippen LogP contribution in [0.2, 0.25) is 0 Å². The van der Waals surface area contributed by atoms with Crippen molar-refractivity contribution in [3.05, 3.63) is 29.3 Å². The van der Waals surface area contributed by atoms with Gasteiger partial charge < -0.3 is 19.3 Å². The number of hydrogen-bond acceptors (Lipinski definition) is 6. The minimum Gasteiger partial charge on any atom is -0.489 e. The Kier molecular flexibility index (Phi) is 5.84. The summed E-state index contributed by atoms with van der Waals surface area (Å²) in [6.45, 7) is 4.85. The fourth-order valence-corrected chi connectivity index (χ4v) is 4.45. The first kappa shape index (κ1) is 21.1. The normalized spacial score (nSPS) is 25.9. The summed E-state index contributed by atoms with van der Waals surface area (Å²) in [5, 5.41) is 2.31. The number of amides is 4. The van der Waals surface area contributed by atoms with Crippen molar-refractivity contribution in [1.82, 2.24) is 15.1 Å². The van der Waals surface area contributed by atoms with Crippen molar-refractivity contribution in [3.63, 3.8) is 0 Å². The number of ether oxygens (including phenoxy) is 2. The molecule has 166 valence electrons. The average Bonchev–Trinajstić information content (AvgIpc) is 3.05. The van der Waals surface area contributed by atoms with Crippen LogP contribution < -0.4 is 10.1 Å². The highest BCUT2D eigenvalue weighted by molar-refractivity contribution is 6.05. The van der Waals surface area contributed by atoms with Crippen molar-refractivity contribution in [2.24, 2.45) is 0 Å². The van der Waals surface area contributed by atoms with Gasteiger partial charge in [0.15, 0.2) is 0 Å². The lowest BCUT2D eigenvalue weighted by Crippen LogP contribution is -2.52. The van der Waals surface area contributed by atoms with Crippen LogP contribution in [0, 0.1) is 0 Å². The van der Waals surface area contributed by atoms with Gasteiger partial charge in [-0.05, 0) is 56.9 Å². The van der Waals surface area contributed by atoms with Gasteiger partial charge in [0.05, 0.1) is 13.2 Å². The molecule has 3 aliphatic heterocycles.